The van der Waals surface area contributed by atoms with Gasteiger partial charge in [0.05, 0.1) is 0 Å². The summed E-state index contributed by atoms with van der Waals surface area (Å²) in [4.78, 5) is 12.3. The first kappa shape index (κ1) is 19.8. The Bertz CT molecular complexity index is 692. The summed E-state index contributed by atoms with van der Waals surface area (Å²) in [6.45, 7) is 3.42. The average Bonchev–Trinajstić information content (AvgIpc) is 3.48. The number of carbonyl (C=O) groups excluding carboxylic acids is 1. The molecule has 0 aromatic heterocycles. The lowest BCUT2D eigenvalue weighted by Crippen LogP contribution is -2.19. The van der Waals surface area contributed by atoms with Gasteiger partial charge in [0, 0.05) is 23.9 Å². The van der Waals surface area contributed by atoms with Crippen LogP contribution in [-0.4, -0.2) is 18.4 Å². The van der Waals surface area contributed by atoms with Crippen LogP contribution in [0.3, 0.4) is 0 Å². The van der Waals surface area contributed by atoms with Crippen LogP contribution >= 0.6 is 0 Å². The highest BCUT2D eigenvalue weighted by Crippen LogP contribution is 2.40. The molecule has 0 bridgehead atoms. The van der Waals surface area contributed by atoms with Gasteiger partial charge in [-0.25, -0.2) is 0 Å². The Hall–Kier alpha value is -1.93. The Labute approximate surface area is 164 Å². The van der Waals surface area contributed by atoms with Crippen LogP contribution in [0.25, 0.3) is 0 Å². The molecule has 0 heterocycles. The first-order valence-electron chi connectivity index (χ1n) is 10.7. The molecule has 1 aliphatic carbocycles. The number of rotatable bonds is 12. The molecule has 0 spiro atoms. The van der Waals surface area contributed by atoms with E-state index in [0.29, 0.717) is 18.4 Å². The van der Waals surface area contributed by atoms with Gasteiger partial charge >= 0.3 is 0 Å². The van der Waals surface area contributed by atoms with Gasteiger partial charge in [0.2, 0.25) is 0 Å². The topological polar surface area (TPSA) is 29.1 Å². The van der Waals surface area contributed by atoms with Gasteiger partial charge in [0.25, 0.3) is 0 Å². The number of unbranched alkanes of at least 4 members (excludes halogenated alkanes) is 5. The van der Waals surface area contributed by atoms with E-state index in [-0.39, 0.29) is 5.78 Å². The second-order valence-corrected chi connectivity index (χ2v) is 7.88. The van der Waals surface area contributed by atoms with E-state index >= 15 is 0 Å². The number of benzene rings is 2. The minimum absolute atomic E-state index is 0.188. The highest BCUT2D eigenvalue weighted by molar-refractivity contribution is 5.97. The van der Waals surface area contributed by atoms with Crippen molar-refractivity contribution < 1.29 is 4.79 Å². The third kappa shape index (κ3) is 6.32. The second kappa shape index (κ2) is 10.4. The van der Waals surface area contributed by atoms with Crippen LogP contribution in [0, 0.1) is 0 Å². The molecule has 0 saturated heterocycles. The van der Waals surface area contributed by atoms with Crippen molar-refractivity contribution >= 4 is 5.78 Å². The molecule has 27 heavy (non-hydrogen) atoms. The van der Waals surface area contributed by atoms with E-state index in [1.165, 1.54) is 50.5 Å². The molecule has 2 aromatic rings. The van der Waals surface area contributed by atoms with Crippen LogP contribution in [0.15, 0.2) is 54.6 Å². The van der Waals surface area contributed by atoms with Gasteiger partial charge in [-0.05, 0) is 30.5 Å². The average molecular weight is 364 g/mol. The van der Waals surface area contributed by atoms with E-state index < -0.39 is 0 Å². The molecule has 2 atom stereocenters. The van der Waals surface area contributed by atoms with Gasteiger partial charge in [0.15, 0.2) is 5.78 Å². The quantitative estimate of drug-likeness (QED) is 0.375. The first-order valence-corrected chi connectivity index (χ1v) is 10.7. The summed E-state index contributed by atoms with van der Waals surface area (Å²) in [5, 5.41) is 3.71. The van der Waals surface area contributed by atoms with Crippen LogP contribution < -0.4 is 5.32 Å². The summed E-state index contributed by atoms with van der Waals surface area (Å²) in [6.07, 6.45) is 9.86. The third-order valence-corrected chi connectivity index (χ3v) is 5.60. The van der Waals surface area contributed by atoms with Crippen LogP contribution in [-0.2, 0) is 6.42 Å². The molecule has 2 unspecified atom stereocenters. The number of nitrogens with one attached hydrogen (secondary N) is 1. The molecule has 1 aliphatic rings. The second-order valence-electron chi connectivity index (χ2n) is 7.88. The van der Waals surface area contributed by atoms with E-state index in [1.807, 2.05) is 30.3 Å². The van der Waals surface area contributed by atoms with Crippen molar-refractivity contribution in [3.05, 3.63) is 71.3 Å². The fourth-order valence-corrected chi connectivity index (χ4v) is 3.78. The lowest BCUT2D eigenvalue weighted by molar-refractivity contribution is 0.0993. The molecular formula is C25H33NO. The summed E-state index contributed by atoms with van der Waals surface area (Å²) in [7, 11) is 0. The Kier molecular flexibility index (Phi) is 7.65. The Morgan fingerprint density at radius 3 is 2.37 bits per heavy atom. The van der Waals surface area contributed by atoms with Gasteiger partial charge in [-0.2, -0.15) is 0 Å². The van der Waals surface area contributed by atoms with Gasteiger partial charge in [-0.15, -0.1) is 0 Å². The van der Waals surface area contributed by atoms with E-state index in [2.05, 4.69) is 36.5 Å². The Morgan fingerprint density at radius 1 is 0.926 bits per heavy atom. The number of hydrogen-bond acceptors (Lipinski definition) is 2. The van der Waals surface area contributed by atoms with Crippen molar-refractivity contribution in [1.82, 2.24) is 5.32 Å². The largest absolute Gasteiger partial charge is 0.313 e. The maximum atomic E-state index is 12.3. The zero-order valence-electron chi connectivity index (χ0n) is 16.6. The molecule has 1 saturated carbocycles. The van der Waals surface area contributed by atoms with Gasteiger partial charge in [0.1, 0.15) is 0 Å². The van der Waals surface area contributed by atoms with Crippen LogP contribution in [0.1, 0.15) is 79.3 Å². The molecule has 2 nitrogen and oxygen atoms in total. The van der Waals surface area contributed by atoms with Crippen LogP contribution in [0.4, 0.5) is 0 Å². The SMILES string of the molecule is CCCCCCCCNC1CC1c1ccc(CC(=O)c2ccccc2)cc1. The number of carbonyl (C=O) groups is 1. The van der Waals surface area contributed by atoms with Crippen LogP contribution in [0.5, 0.6) is 0 Å². The number of Topliss-reactive ketones (excluding diaryl/α,β-unsaturated/α-hetero) is 1. The van der Waals surface area contributed by atoms with Crippen molar-refractivity contribution in [3.8, 4) is 0 Å². The molecule has 0 amide bonds. The zero-order valence-corrected chi connectivity index (χ0v) is 16.6. The van der Waals surface area contributed by atoms with Crippen molar-refractivity contribution in [2.24, 2.45) is 0 Å². The molecule has 3 rings (SSSR count). The minimum Gasteiger partial charge on any atom is -0.313 e. The summed E-state index contributed by atoms with van der Waals surface area (Å²) in [5.74, 6) is 0.845. The molecule has 144 valence electrons. The normalized spacial score (nSPS) is 18.4. The summed E-state index contributed by atoms with van der Waals surface area (Å²) in [5.41, 5.74) is 3.30. The van der Waals surface area contributed by atoms with Crippen molar-refractivity contribution in [2.45, 2.75) is 70.3 Å². The molecule has 0 radical (unpaired) electrons. The molecule has 0 aliphatic heterocycles. The predicted molar refractivity (Wildman–Crippen MR) is 113 cm³/mol. The monoisotopic (exact) mass is 363 g/mol. The fraction of sp³-hybridized carbons (Fsp3) is 0.480. The van der Waals surface area contributed by atoms with E-state index in [4.69, 9.17) is 0 Å². The van der Waals surface area contributed by atoms with Gasteiger partial charge < -0.3 is 5.32 Å². The summed E-state index contributed by atoms with van der Waals surface area (Å²) < 4.78 is 0. The number of hydrogen-bond donors (Lipinski definition) is 1. The maximum Gasteiger partial charge on any atom is 0.167 e. The highest BCUT2D eigenvalue weighted by Gasteiger charge is 2.37. The smallest absolute Gasteiger partial charge is 0.167 e. The number of ketones is 1. The highest BCUT2D eigenvalue weighted by atomic mass is 16.1. The molecule has 2 heteroatoms. The van der Waals surface area contributed by atoms with Crippen molar-refractivity contribution in [2.75, 3.05) is 6.54 Å². The Morgan fingerprint density at radius 2 is 1.63 bits per heavy atom. The van der Waals surface area contributed by atoms with Crippen LogP contribution in [0.2, 0.25) is 0 Å². The predicted octanol–water partition coefficient (Wildman–Crippen LogP) is 5.92. The van der Waals surface area contributed by atoms with E-state index in [0.717, 1.165) is 17.7 Å². The zero-order chi connectivity index (χ0) is 18.9. The van der Waals surface area contributed by atoms with Crippen molar-refractivity contribution in [3.63, 3.8) is 0 Å². The molecular weight excluding hydrogens is 330 g/mol. The lowest BCUT2D eigenvalue weighted by Gasteiger charge is -2.06. The van der Waals surface area contributed by atoms with Gasteiger partial charge in [-0.1, -0.05) is 93.6 Å². The molecule has 1 N–H and O–H groups in total. The third-order valence-electron chi connectivity index (χ3n) is 5.60. The van der Waals surface area contributed by atoms with Gasteiger partial charge in [-0.3, -0.25) is 4.79 Å². The summed E-state index contributed by atoms with van der Waals surface area (Å²) in [6, 6.07) is 18.9. The summed E-state index contributed by atoms with van der Waals surface area (Å²) >= 11 is 0. The molecule has 1 fully saturated rings. The van der Waals surface area contributed by atoms with Crippen molar-refractivity contribution in [1.29, 1.82) is 0 Å². The standard InChI is InChI=1S/C25H33NO/c1-2-3-4-5-6-10-17-26-24-19-23(24)21-15-13-20(14-16-21)18-25(27)22-11-8-7-9-12-22/h7-9,11-16,23-24,26H,2-6,10,17-19H2,1H3. The Balaban J connectivity index is 1.37. The maximum absolute atomic E-state index is 12.3. The van der Waals surface area contributed by atoms with E-state index in [9.17, 15) is 4.79 Å². The van der Waals surface area contributed by atoms with E-state index in [1.54, 1.807) is 0 Å². The first-order chi connectivity index (χ1) is 13.3. The molecule has 2 aromatic carbocycles. The lowest BCUT2D eigenvalue weighted by atomic mass is 10.0. The fourth-order valence-electron chi connectivity index (χ4n) is 3.78. The minimum atomic E-state index is 0.188.